The molecule has 1 aromatic carbocycles. The van der Waals surface area contributed by atoms with Crippen LogP contribution in [0.3, 0.4) is 0 Å². The van der Waals surface area contributed by atoms with Crippen LogP contribution in [-0.2, 0) is 14.9 Å². The van der Waals surface area contributed by atoms with E-state index in [0.29, 0.717) is 18.1 Å². The van der Waals surface area contributed by atoms with Crippen molar-refractivity contribution in [3.05, 3.63) is 29.8 Å². The Morgan fingerprint density at radius 3 is 2.61 bits per heavy atom. The van der Waals surface area contributed by atoms with Gasteiger partial charge in [0.25, 0.3) is 10.1 Å². The minimum atomic E-state index is -4.27. The lowest BCUT2D eigenvalue weighted by atomic mass is 10.1. The third-order valence-electron chi connectivity index (χ3n) is 2.84. The molecule has 0 radical (unpaired) electrons. The lowest BCUT2D eigenvalue weighted by Gasteiger charge is -2.06. The van der Waals surface area contributed by atoms with Gasteiger partial charge in [-0.3, -0.25) is 4.55 Å². The van der Waals surface area contributed by atoms with Crippen molar-refractivity contribution >= 4 is 16.0 Å². The van der Waals surface area contributed by atoms with Gasteiger partial charge >= 0.3 is 0 Å². The third-order valence-corrected chi connectivity index (χ3v) is 3.75. The van der Waals surface area contributed by atoms with E-state index in [1.54, 1.807) is 18.2 Å². The number of hydrogen-bond acceptors (Lipinski definition) is 4. The van der Waals surface area contributed by atoms with Crippen molar-refractivity contribution in [1.82, 2.24) is 0 Å². The van der Waals surface area contributed by atoms with Gasteiger partial charge in [-0.05, 0) is 18.1 Å². The highest BCUT2D eigenvalue weighted by Crippen LogP contribution is 2.22. The molecule has 0 unspecified atom stereocenters. The van der Waals surface area contributed by atoms with E-state index in [4.69, 9.17) is 9.29 Å². The van der Waals surface area contributed by atoms with Crippen LogP contribution in [0.2, 0.25) is 0 Å². The first-order valence-electron chi connectivity index (χ1n) is 5.67. The van der Waals surface area contributed by atoms with E-state index in [1.165, 1.54) is 6.07 Å². The summed E-state index contributed by atoms with van der Waals surface area (Å²) in [5, 5.41) is 0. The van der Waals surface area contributed by atoms with Crippen LogP contribution in [0, 0.1) is 5.92 Å². The first kappa shape index (κ1) is 13.0. The van der Waals surface area contributed by atoms with Crippen LogP contribution < -0.4 is 0 Å². The van der Waals surface area contributed by atoms with Gasteiger partial charge in [-0.1, -0.05) is 26.0 Å². The second-order valence-electron chi connectivity index (χ2n) is 4.53. The van der Waals surface area contributed by atoms with E-state index in [2.05, 4.69) is 4.99 Å². The minimum absolute atomic E-state index is 0.0226. The molecule has 18 heavy (non-hydrogen) atoms. The highest BCUT2D eigenvalue weighted by molar-refractivity contribution is 7.86. The van der Waals surface area contributed by atoms with Gasteiger partial charge in [0, 0.05) is 0 Å². The number of benzene rings is 1. The van der Waals surface area contributed by atoms with E-state index in [-0.39, 0.29) is 16.8 Å². The Labute approximate surface area is 106 Å². The van der Waals surface area contributed by atoms with Crippen LogP contribution in [0.1, 0.15) is 19.4 Å². The lowest BCUT2D eigenvalue weighted by Crippen LogP contribution is -2.13. The molecule has 0 spiro atoms. The highest BCUT2D eigenvalue weighted by Gasteiger charge is 2.26. The summed E-state index contributed by atoms with van der Waals surface area (Å²) in [5.41, 5.74) is 0.308. The third kappa shape index (κ3) is 2.54. The van der Waals surface area contributed by atoms with Crippen molar-refractivity contribution < 1.29 is 17.7 Å². The van der Waals surface area contributed by atoms with Gasteiger partial charge in [0.2, 0.25) is 5.90 Å². The Balaban J connectivity index is 2.45. The van der Waals surface area contributed by atoms with E-state index in [9.17, 15) is 8.42 Å². The summed E-state index contributed by atoms with van der Waals surface area (Å²) in [6.07, 6.45) is 0. The lowest BCUT2D eigenvalue weighted by molar-refractivity contribution is 0.291. The van der Waals surface area contributed by atoms with Gasteiger partial charge in [0.05, 0.1) is 11.6 Å². The quantitative estimate of drug-likeness (QED) is 0.848. The topological polar surface area (TPSA) is 76.0 Å². The Morgan fingerprint density at radius 2 is 2.06 bits per heavy atom. The summed E-state index contributed by atoms with van der Waals surface area (Å²) in [4.78, 5) is 4.18. The van der Waals surface area contributed by atoms with Crippen molar-refractivity contribution in [2.45, 2.75) is 24.8 Å². The van der Waals surface area contributed by atoms with Crippen LogP contribution in [0.25, 0.3) is 0 Å². The fraction of sp³-hybridized carbons (Fsp3) is 0.417. The van der Waals surface area contributed by atoms with Crippen LogP contribution >= 0.6 is 0 Å². The van der Waals surface area contributed by atoms with Crippen LogP contribution in [0.15, 0.2) is 34.2 Å². The first-order chi connectivity index (χ1) is 8.39. The molecule has 0 bridgehead atoms. The number of ether oxygens (including phenoxy) is 1. The predicted octanol–water partition coefficient (Wildman–Crippen LogP) is 1.73. The van der Waals surface area contributed by atoms with Gasteiger partial charge in [-0.2, -0.15) is 8.42 Å². The van der Waals surface area contributed by atoms with Gasteiger partial charge in [0.15, 0.2) is 0 Å². The molecule has 0 saturated carbocycles. The SMILES string of the molecule is CC(C)[C@H]1COC(c2ccccc2S(=O)(=O)O)=N1. The zero-order valence-electron chi connectivity index (χ0n) is 10.2. The van der Waals surface area contributed by atoms with Crippen molar-refractivity contribution in [3.63, 3.8) is 0 Å². The van der Waals surface area contributed by atoms with Crippen molar-refractivity contribution in [2.24, 2.45) is 10.9 Å². The molecule has 98 valence electrons. The molecule has 1 N–H and O–H groups in total. The first-order valence-corrected chi connectivity index (χ1v) is 7.11. The molecule has 1 aromatic rings. The molecule has 0 fully saturated rings. The largest absolute Gasteiger partial charge is 0.475 e. The zero-order valence-corrected chi connectivity index (χ0v) is 11.0. The number of rotatable bonds is 3. The fourth-order valence-electron chi connectivity index (χ4n) is 1.75. The van der Waals surface area contributed by atoms with E-state index in [0.717, 1.165) is 0 Å². The molecule has 1 aliphatic rings. The fourth-order valence-corrected chi connectivity index (χ4v) is 2.43. The summed E-state index contributed by atoms with van der Waals surface area (Å²) in [6.45, 7) is 4.48. The average molecular weight is 269 g/mol. The van der Waals surface area contributed by atoms with Crippen molar-refractivity contribution in [1.29, 1.82) is 0 Å². The molecular weight excluding hydrogens is 254 g/mol. The standard InChI is InChI=1S/C12H15NO4S/c1-8(2)10-7-17-12(13-10)9-5-3-4-6-11(9)18(14,15)16/h3-6,8,10H,7H2,1-2H3,(H,14,15,16)/t10-/m1/s1. The minimum Gasteiger partial charge on any atom is -0.475 e. The predicted molar refractivity (Wildman–Crippen MR) is 67.4 cm³/mol. The summed E-state index contributed by atoms with van der Waals surface area (Å²) >= 11 is 0. The van der Waals surface area contributed by atoms with Gasteiger partial charge < -0.3 is 4.74 Å². The molecule has 0 aliphatic carbocycles. The van der Waals surface area contributed by atoms with Gasteiger partial charge in [-0.25, -0.2) is 4.99 Å². The summed E-state index contributed by atoms with van der Waals surface area (Å²) in [6, 6.07) is 6.15. The summed E-state index contributed by atoms with van der Waals surface area (Å²) < 4.78 is 37.1. The number of nitrogens with zero attached hydrogens (tertiary/aromatic N) is 1. The molecule has 1 heterocycles. The second-order valence-corrected chi connectivity index (χ2v) is 5.92. The van der Waals surface area contributed by atoms with E-state index < -0.39 is 10.1 Å². The number of aliphatic imine (C=N–C) groups is 1. The highest BCUT2D eigenvalue weighted by atomic mass is 32.2. The maximum Gasteiger partial charge on any atom is 0.295 e. The van der Waals surface area contributed by atoms with E-state index in [1.807, 2.05) is 13.8 Å². The smallest absolute Gasteiger partial charge is 0.295 e. The Kier molecular flexibility index (Phi) is 3.41. The maximum atomic E-state index is 11.3. The van der Waals surface area contributed by atoms with Crippen LogP contribution in [0.4, 0.5) is 0 Å². The molecular formula is C12H15NO4S. The molecule has 0 aromatic heterocycles. The molecule has 5 nitrogen and oxygen atoms in total. The Bertz CT molecular complexity index is 577. The normalized spacial score (nSPS) is 19.8. The molecule has 1 atom stereocenters. The molecule has 6 heteroatoms. The van der Waals surface area contributed by atoms with Crippen LogP contribution in [-0.4, -0.2) is 31.5 Å². The molecule has 0 saturated heterocycles. The Morgan fingerprint density at radius 1 is 1.39 bits per heavy atom. The average Bonchev–Trinajstić information content (AvgIpc) is 2.77. The van der Waals surface area contributed by atoms with Gasteiger partial charge in [-0.15, -0.1) is 0 Å². The number of hydrogen-bond donors (Lipinski definition) is 1. The van der Waals surface area contributed by atoms with Crippen LogP contribution in [0.5, 0.6) is 0 Å². The zero-order chi connectivity index (χ0) is 13.3. The van der Waals surface area contributed by atoms with E-state index >= 15 is 0 Å². The van der Waals surface area contributed by atoms with Crippen molar-refractivity contribution in [2.75, 3.05) is 6.61 Å². The second kappa shape index (κ2) is 4.70. The molecule has 2 rings (SSSR count). The van der Waals surface area contributed by atoms with Gasteiger partial charge in [0.1, 0.15) is 11.5 Å². The van der Waals surface area contributed by atoms with Crippen molar-refractivity contribution in [3.8, 4) is 0 Å². The Hall–Kier alpha value is -1.40. The summed E-state index contributed by atoms with van der Waals surface area (Å²) in [7, 11) is -4.27. The monoisotopic (exact) mass is 269 g/mol. The maximum absolute atomic E-state index is 11.3. The summed E-state index contributed by atoms with van der Waals surface area (Å²) in [5.74, 6) is 0.599. The molecule has 0 amide bonds. The molecule has 1 aliphatic heterocycles.